The smallest absolute Gasteiger partial charge is 0.325 e. The lowest BCUT2D eigenvalue weighted by molar-refractivity contribution is 0.126. The number of rotatable bonds is 17. The van der Waals surface area contributed by atoms with Crippen molar-refractivity contribution in [2.45, 2.75) is 57.7 Å². The molecule has 2 aromatic carbocycles. The van der Waals surface area contributed by atoms with Crippen LogP contribution in [0.2, 0.25) is 0 Å². The number of aromatic hydroxyl groups is 1. The zero-order valence-corrected chi connectivity index (χ0v) is 21.7. The van der Waals surface area contributed by atoms with Gasteiger partial charge in [0.15, 0.2) is 0 Å². The number of phenols is 1. The molecule has 0 spiro atoms. The highest BCUT2D eigenvalue weighted by atomic mass is 16.5. The molecule has 206 valence electrons. The lowest BCUT2D eigenvalue weighted by Crippen LogP contribution is -2.22. The molecular weight excluding hydrogens is 486 g/mol. The minimum atomic E-state index is -0.682. The number of hydrogen-bond acceptors (Lipinski definition) is 7. The Kier molecular flexibility index (Phi) is 12.3. The van der Waals surface area contributed by atoms with E-state index in [9.17, 15) is 24.9 Å². The molecule has 0 bridgehead atoms. The van der Waals surface area contributed by atoms with E-state index in [1.54, 1.807) is 12.1 Å². The normalized spacial score (nSPS) is 12.1. The van der Waals surface area contributed by atoms with E-state index >= 15 is 0 Å². The Hall–Kier alpha value is -3.24. The molecule has 0 aliphatic rings. The van der Waals surface area contributed by atoms with Crippen LogP contribution in [0.1, 0.15) is 61.3 Å². The minimum Gasteiger partial charge on any atom is -0.508 e. The van der Waals surface area contributed by atoms with E-state index in [0.29, 0.717) is 23.2 Å². The maximum atomic E-state index is 12.0. The number of aromatic amines is 2. The fraction of sp³-hybridized carbons (Fsp3) is 0.448. The summed E-state index contributed by atoms with van der Waals surface area (Å²) >= 11 is 0. The van der Waals surface area contributed by atoms with Gasteiger partial charge in [-0.15, -0.1) is 0 Å². The molecule has 9 heteroatoms. The molecule has 9 nitrogen and oxygen atoms in total. The number of aliphatic hydroxyl groups is 2. The number of ether oxygens (including phenoxy) is 1. The van der Waals surface area contributed by atoms with Gasteiger partial charge in [0.05, 0.1) is 18.3 Å². The highest BCUT2D eigenvalue weighted by molar-refractivity contribution is 5.62. The molecule has 3 aromatic rings. The van der Waals surface area contributed by atoms with Crippen LogP contribution in [0.25, 0.3) is 11.1 Å². The topological polar surface area (TPSA) is 148 Å². The molecule has 1 aromatic heterocycles. The zero-order valence-electron chi connectivity index (χ0n) is 21.7. The number of hydrogen-bond donors (Lipinski definition) is 6. The van der Waals surface area contributed by atoms with E-state index in [0.717, 1.165) is 75.8 Å². The predicted octanol–water partition coefficient (Wildman–Crippen LogP) is 3.15. The predicted molar refractivity (Wildman–Crippen MR) is 147 cm³/mol. The van der Waals surface area contributed by atoms with E-state index < -0.39 is 17.4 Å². The Morgan fingerprint density at radius 3 is 2.53 bits per heavy atom. The van der Waals surface area contributed by atoms with Crippen molar-refractivity contribution in [3.8, 4) is 16.9 Å². The SMILES string of the molecule is O=c1[nH]cc(-c2cccc(CCCCOCCCCCCNC[C@@H](O)c3ccc(O)c(CO)c3)c2)c(=O)[nH]1. The standard InChI is InChI=1S/C29H39N3O6/c33-20-24-17-23(11-12-26(24)34)27(35)19-30-13-4-1-2-5-14-38-15-6-3-8-21-9-7-10-22(16-21)25-18-31-29(37)32-28(25)36/h7,9-12,16-18,27,30,33-35H,1-6,8,13-15,19-20H2,(H2,31,32,36,37)/t27-/m1/s1. The van der Waals surface area contributed by atoms with Gasteiger partial charge in [-0.25, -0.2) is 4.79 Å². The molecular formula is C29H39N3O6. The van der Waals surface area contributed by atoms with Crippen LogP contribution in [0.5, 0.6) is 5.75 Å². The van der Waals surface area contributed by atoms with Gasteiger partial charge in [-0.05, 0) is 67.5 Å². The first-order chi connectivity index (χ1) is 18.5. The van der Waals surface area contributed by atoms with Crippen LogP contribution in [-0.2, 0) is 17.8 Å². The lowest BCUT2D eigenvalue weighted by Gasteiger charge is -2.14. The third-order valence-corrected chi connectivity index (χ3v) is 6.45. The Balaban J connectivity index is 1.18. The zero-order chi connectivity index (χ0) is 27.2. The summed E-state index contributed by atoms with van der Waals surface area (Å²) in [5, 5.41) is 32.4. The summed E-state index contributed by atoms with van der Waals surface area (Å²) in [6.07, 6.45) is 7.86. The molecule has 1 atom stereocenters. The van der Waals surface area contributed by atoms with E-state index in [4.69, 9.17) is 4.74 Å². The first kappa shape index (κ1) is 29.3. The highest BCUT2D eigenvalue weighted by Crippen LogP contribution is 2.22. The van der Waals surface area contributed by atoms with Gasteiger partial charge in [-0.3, -0.25) is 9.78 Å². The van der Waals surface area contributed by atoms with Crippen molar-refractivity contribution in [3.05, 3.63) is 86.2 Å². The number of nitrogens with one attached hydrogen (secondary N) is 3. The van der Waals surface area contributed by atoms with Crippen molar-refractivity contribution < 1.29 is 20.1 Å². The van der Waals surface area contributed by atoms with Crippen LogP contribution in [-0.4, -0.2) is 51.6 Å². The Bertz CT molecular complexity index is 1240. The summed E-state index contributed by atoms with van der Waals surface area (Å²) < 4.78 is 5.76. The highest BCUT2D eigenvalue weighted by Gasteiger charge is 2.10. The van der Waals surface area contributed by atoms with Gasteiger partial charge in [0.25, 0.3) is 5.56 Å². The van der Waals surface area contributed by atoms with Crippen LogP contribution in [0.15, 0.2) is 58.3 Å². The molecule has 0 saturated carbocycles. The molecule has 0 aliphatic carbocycles. The largest absolute Gasteiger partial charge is 0.508 e. The molecule has 6 N–H and O–H groups in total. The monoisotopic (exact) mass is 525 g/mol. The number of aromatic nitrogens is 2. The van der Waals surface area contributed by atoms with Crippen LogP contribution >= 0.6 is 0 Å². The Morgan fingerprint density at radius 1 is 0.947 bits per heavy atom. The quantitative estimate of drug-likeness (QED) is 0.148. The third kappa shape index (κ3) is 9.57. The van der Waals surface area contributed by atoms with E-state index in [1.165, 1.54) is 12.3 Å². The lowest BCUT2D eigenvalue weighted by atomic mass is 10.0. The average molecular weight is 526 g/mol. The fourth-order valence-corrected chi connectivity index (χ4v) is 4.26. The second kappa shape index (κ2) is 15.9. The Labute approximate surface area is 222 Å². The number of aliphatic hydroxyl groups excluding tert-OH is 2. The molecule has 0 aliphatic heterocycles. The van der Waals surface area contributed by atoms with Crippen LogP contribution < -0.4 is 16.6 Å². The van der Waals surface area contributed by atoms with E-state index in [1.807, 2.05) is 24.3 Å². The molecule has 38 heavy (non-hydrogen) atoms. The molecule has 0 unspecified atom stereocenters. The third-order valence-electron chi connectivity index (χ3n) is 6.45. The first-order valence-electron chi connectivity index (χ1n) is 13.3. The Morgan fingerprint density at radius 2 is 1.74 bits per heavy atom. The number of benzene rings is 2. The molecule has 0 amide bonds. The maximum Gasteiger partial charge on any atom is 0.325 e. The van der Waals surface area contributed by atoms with Gasteiger partial charge in [0.2, 0.25) is 0 Å². The van der Waals surface area contributed by atoms with Crippen molar-refractivity contribution in [3.63, 3.8) is 0 Å². The number of unbranched alkanes of at least 4 members (excludes halogenated alkanes) is 4. The number of H-pyrrole nitrogens is 2. The van der Waals surface area contributed by atoms with E-state index in [-0.39, 0.29) is 12.4 Å². The maximum absolute atomic E-state index is 12.0. The summed E-state index contributed by atoms with van der Waals surface area (Å²) in [6.45, 7) is 2.47. The van der Waals surface area contributed by atoms with Crippen molar-refractivity contribution in [2.24, 2.45) is 0 Å². The average Bonchev–Trinajstić information content (AvgIpc) is 2.91. The van der Waals surface area contributed by atoms with Crippen LogP contribution in [0.3, 0.4) is 0 Å². The molecule has 0 fully saturated rings. The van der Waals surface area contributed by atoms with Gasteiger partial charge in [-0.1, -0.05) is 43.2 Å². The molecule has 1 heterocycles. The van der Waals surface area contributed by atoms with Crippen LogP contribution in [0, 0.1) is 0 Å². The summed E-state index contributed by atoms with van der Waals surface area (Å²) in [4.78, 5) is 28.0. The first-order valence-corrected chi connectivity index (χ1v) is 13.3. The fourth-order valence-electron chi connectivity index (χ4n) is 4.26. The second-order valence-corrected chi connectivity index (χ2v) is 9.44. The van der Waals surface area contributed by atoms with Gasteiger partial charge in [-0.2, -0.15) is 0 Å². The van der Waals surface area contributed by atoms with Crippen LogP contribution in [0.4, 0.5) is 0 Å². The molecule has 0 saturated heterocycles. The second-order valence-electron chi connectivity index (χ2n) is 9.44. The number of aryl methyl sites for hydroxylation is 1. The van der Waals surface area contributed by atoms with Crippen molar-refractivity contribution in [1.82, 2.24) is 15.3 Å². The summed E-state index contributed by atoms with van der Waals surface area (Å²) in [6, 6.07) is 12.6. The van der Waals surface area contributed by atoms with E-state index in [2.05, 4.69) is 15.3 Å². The van der Waals surface area contributed by atoms with Crippen molar-refractivity contribution in [1.29, 1.82) is 0 Å². The summed E-state index contributed by atoms with van der Waals surface area (Å²) in [5.74, 6) is 0.0334. The van der Waals surface area contributed by atoms with Gasteiger partial charge in [0, 0.05) is 31.5 Å². The van der Waals surface area contributed by atoms with Gasteiger partial charge < -0.3 is 30.4 Å². The van der Waals surface area contributed by atoms with Gasteiger partial charge in [0.1, 0.15) is 5.75 Å². The van der Waals surface area contributed by atoms with Crippen molar-refractivity contribution in [2.75, 3.05) is 26.3 Å². The summed E-state index contributed by atoms with van der Waals surface area (Å²) in [7, 11) is 0. The molecule has 3 rings (SSSR count). The summed E-state index contributed by atoms with van der Waals surface area (Å²) in [5.41, 5.74) is 2.57. The van der Waals surface area contributed by atoms with Crippen molar-refractivity contribution >= 4 is 0 Å². The van der Waals surface area contributed by atoms with Gasteiger partial charge >= 0.3 is 5.69 Å². The minimum absolute atomic E-state index is 0.0334. The molecule has 0 radical (unpaired) electrons.